The van der Waals surface area contributed by atoms with Crippen molar-refractivity contribution in [2.45, 2.75) is 65.1 Å². The Hall–Kier alpha value is -4.79. The first-order valence-electron chi connectivity index (χ1n) is 15.0. The van der Waals surface area contributed by atoms with Crippen LogP contribution in [0.5, 0.6) is 0 Å². The number of oxime groups is 1. The van der Waals surface area contributed by atoms with Gasteiger partial charge in [-0.05, 0) is 76.3 Å². The number of halogens is 5. The van der Waals surface area contributed by atoms with Crippen molar-refractivity contribution in [2.24, 2.45) is 5.16 Å². The SMILES string of the molecule is CC(C)(C)OC(=O)NC(=NOCCNC(=O)Cc1c(Cl)ccc(NCC(F)(F)c2ccc(F)c3ccccc23)c1F)NC(=O)OC(C)(C)C. The number of nitrogens with zero attached hydrogens (tertiary/aromatic N) is 1. The van der Waals surface area contributed by atoms with Gasteiger partial charge in [-0.25, -0.2) is 18.4 Å². The molecule has 0 aromatic heterocycles. The van der Waals surface area contributed by atoms with Gasteiger partial charge in [0.05, 0.1) is 25.2 Å². The minimum Gasteiger partial charge on any atom is -0.444 e. The van der Waals surface area contributed by atoms with Gasteiger partial charge in [0.2, 0.25) is 5.91 Å². The Labute approximate surface area is 285 Å². The van der Waals surface area contributed by atoms with E-state index in [9.17, 15) is 18.8 Å². The van der Waals surface area contributed by atoms with Gasteiger partial charge in [0.15, 0.2) is 5.82 Å². The number of hydrogen-bond acceptors (Lipinski definition) is 8. The molecule has 266 valence electrons. The Kier molecular flexibility index (Phi) is 12.7. The molecule has 3 amide bonds. The number of amides is 3. The quantitative estimate of drug-likeness (QED) is 0.0586. The van der Waals surface area contributed by atoms with Gasteiger partial charge in [0.1, 0.15) is 23.6 Å². The van der Waals surface area contributed by atoms with E-state index in [0.29, 0.717) is 0 Å². The second kappa shape index (κ2) is 16.1. The lowest BCUT2D eigenvalue weighted by Gasteiger charge is -2.21. The zero-order valence-corrected chi connectivity index (χ0v) is 28.5. The molecule has 0 aliphatic rings. The summed E-state index contributed by atoms with van der Waals surface area (Å²) in [5.74, 6) is -6.32. The van der Waals surface area contributed by atoms with Gasteiger partial charge in [-0.15, -0.1) is 0 Å². The average molecular weight is 712 g/mol. The van der Waals surface area contributed by atoms with Gasteiger partial charge in [0, 0.05) is 21.5 Å². The van der Waals surface area contributed by atoms with Gasteiger partial charge in [-0.2, -0.15) is 8.78 Å². The summed E-state index contributed by atoms with van der Waals surface area (Å²) < 4.78 is 70.3. The molecule has 0 saturated heterocycles. The molecule has 0 saturated carbocycles. The van der Waals surface area contributed by atoms with Crippen molar-refractivity contribution in [2.75, 3.05) is 25.0 Å². The van der Waals surface area contributed by atoms with Crippen molar-refractivity contribution in [1.82, 2.24) is 16.0 Å². The van der Waals surface area contributed by atoms with Gasteiger partial charge in [-0.3, -0.25) is 15.4 Å². The van der Waals surface area contributed by atoms with E-state index in [1.54, 1.807) is 41.5 Å². The third-order valence-corrected chi connectivity index (χ3v) is 6.55. The summed E-state index contributed by atoms with van der Waals surface area (Å²) in [6.07, 6.45) is -2.43. The average Bonchev–Trinajstić information content (AvgIpc) is 2.96. The molecule has 3 rings (SSSR count). The zero-order chi connectivity index (χ0) is 36.6. The molecule has 3 aromatic rings. The largest absolute Gasteiger partial charge is 0.444 e. The number of carbonyl (C=O) groups is 3. The number of guanidine groups is 1. The summed E-state index contributed by atoms with van der Waals surface area (Å²) in [7, 11) is 0. The van der Waals surface area contributed by atoms with Crippen LogP contribution in [0.25, 0.3) is 10.8 Å². The van der Waals surface area contributed by atoms with E-state index < -0.39 is 71.3 Å². The predicted molar refractivity (Wildman–Crippen MR) is 177 cm³/mol. The lowest BCUT2D eigenvalue weighted by atomic mass is 9.99. The van der Waals surface area contributed by atoms with Crippen molar-refractivity contribution in [1.29, 1.82) is 0 Å². The molecule has 49 heavy (non-hydrogen) atoms. The number of hydrogen-bond donors (Lipinski definition) is 4. The summed E-state index contributed by atoms with van der Waals surface area (Å²) in [6, 6.07) is 10.2. The van der Waals surface area contributed by atoms with Crippen molar-refractivity contribution in [3.05, 3.63) is 76.3 Å². The zero-order valence-electron chi connectivity index (χ0n) is 27.7. The third kappa shape index (κ3) is 12.0. The first-order chi connectivity index (χ1) is 22.8. The topological polar surface area (TPSA) is 139 Å². The minimum absolute atomic E-state index is 0.0211. The maximum Gasteiger partial charge on any atom is 0.414 e. The van der Waals surface area contributed by atoms with Crippen LogP contribution in [0.2, 0.25) is 5.02 Å². The number of nitrogens with one attached hydrogen (secondary N) is 4. The second-order valence-corrected chi connectivity index (χ2v) is 13.0. The third-order valence-electron chi connectivity index (χ3n) is 6.20. The molecule has 0 radical (unpaired) electrons. The Balaban J connectivity index is 1.60. The first-order valence-corrected chi connectivity index (χ1v) is 15.4. The monoisotopic (exact) mass is 711 g/mol. The van der Waals surface area contributed by atoms with Gasteiger partial charge >= 0.3 is 12.2 Å². The van der Waals surface area contributed by atoms with Crippen molar-refractivity contribution >= 4 is 52.1 Å². The minimum atomic E-state index is -3.52. The Morgan fingerprint density at radius 1 is 0.837 bits per heavy atom. The van der Waals surface area contributed by atoms with Gasteiger partial charge in [-0.1, -0.05) is 35.9 Å². The maximum absolute atomic E-state index is 15.4. The van der Waals surface area contributed by atoms with Crippen molar-refractivity contribution in [3.8, 4) is 0 Å². The van der Waals surface area contributed by atoms with Crippen LogP contribution in [-0.2, 0) is 31.4 Å². The molecule has 16 heteroatoms. The molecule has 4 N–H and O–H groups in total. The van der Waals surface area contributed by atoms with Crippen molar-refractivity contribution in [3.63, 3.8) is 0 Å². The summed E-state index contributed by atoms with van der Waals surface area (Å²) in [5, 5.41) is 12.9. The highest BCUT2D eigenvalue weighted by Crippen LogP contribution is 2.36. The second-order valence-electron chi connectivity index (χ2n) is 12.6. The van der Waals surface area contributed by atoms with E-state index in [4.69, 9.17) is 25.9 Å². The number of carbonyl (C=O) groups excluding carboxylic acids is 3. The molecule has 0 fully saturated rings. The lowest BCUT2D eigenvalue weighted by Crippen LogP contribution is -2.47. The summed E-state index contributed by atoms with van der Waals surface area (Å²) in [4.78, 5) is 42.0. The molecule has 0 bridgehead atoms. The molecular weight excluding hydrogens is 674 g/mol. The standard InChI is InChI=1S/C33H38ClF4N5O6/c1-31(2,3)48-29(45)41-28(42-30(46)49-32(4,5)6)43-47-16-15-39-26(44)17-21-23(34)12-14-25(27(21)36)40-18-33(37,38)22-11-13-24(35)20-10-8-7-9-19(20)22/h7-14,40H,15-18H2,1-6H3,(H,39,44)(H2,41,42,43,45,46). The van der Waals surface area contributed by atoms with Gasteiger partial charge in [0.25, 0.3) is 11.9 Å². The number of benzene rings is 3. The molecular formula is C33H38ClF4N5O6. The fraction of sp³-hybridized carbons (Fsp3) is 0.394. The lowest BCUT2D eigenvalue weighted by molar-refractivity contribution is -0.120. The first kappa shape index (κ1) is 38.7. The fourth-order valence-corrected chi connectivity index (χ4v) is 4.44. The molecule has 3 aromatic carbocycles. The fourth-order valence-electron chi connectivity index (χ4n) is 4.23. The normalized spacial score (nSPS) is 11.7. The molecule has 11 nitrogen and oxygen atoms in total. The molecule has 0 unspecified atom stereocenters. The van der Waals surface area contributed by atoms with E-state index in [1.165, 1.54) is 30.3 Å². The molecule has 0 aliphatic heterocycles. The Morgan fingerprint density at radius 3 is 2.02 bits per heavy atom. The van der Waals surface area contributed by atoms with E-state index in [-0.39, 0.29) is 40.2 Å². The number of ether oxygens (including phenoxy) is 2. The van der Waals surface area contributed by atoms with Crippen LogP contribution >= 0.6 is 11.6 Å². The van der Waals surface area contributed by atoms with Crippen LogP contribution in [0, 0.1) is 11.6 Å². The van der Waals surface area contributed by atoms with Crippen LogP contribution in [0.1, 0.15) is 52.7 Å². The van der Waals surface area contributed by atoms with Crippen LogP contribution in [0.3, 0.4) is 0 Å². The van der Waals surface area contributed by atoms with Crippen LogP contribution in [-0.4, -0.2) is 55.0 Å². The number of alkyl carbamates (subject to hydrolysis) is 2. The summed E-state index contributed by atoms with van der Waals surface area (Å²) in [5.41, 5.74) is -2.71. The molecule has 0 heterocycles. The van der Waals surface area contributed by atoms with Crippen LogP contribution < -0.4 is 21.3 Å². The molecule has 0 atom stereocenters. The maximum atomic E-state index is 15.4. The highest BCUT2D eigenvalue weighted by molar-refractivity contribution is 6.31. The number of alkyl halides is 2. The Morgan fingerprint density at radius 2 is 1.43 bits per heavy atom. The summed E-state index contributed by atoms with van der Waals surface area (Å²) >= 11 is 6.13. The van der Waals surface area contributed by atoms with Crippen LogP contribution in [0.15, 0.2) is 53.7 Å². The highest BCUT2D eigenvalue weighted by Gasteiger charge is 2.34. The van der Waals surface area contributed by atoms with E-state index >= 15 is 13.2 Å². The Bertz CT molecular complexity index is 1680. The number of anilines is 1. The predicted octanol–water partition coefficient (Wildman–Crippen LogP) is 6.97. The van der Waals surface area contributed by atoms with Gasteiger partial charge < -0.3 is 24.9 Å². The van der Waals surface area contributed by atoms with E-state index in [2.05, 4.69) is 26.4 Å². The number of fused-ring (bicyclic) bond motifs is 1. The number of rotatable bonds is 10. The van der Waals surface area contributed by atoms with Crippen molar-refractivity contribution < 1.29 is 46.3 Å². The molecule has 0 aliphatic carbocycles. The smallest absolute Gasteiger partial charge is 0.414 e. The van der Waals surface area contributed by atoms with E-state index in [0.717, 1.165) is 18.2 Å². The summed E-state index contributed by atoms with van der Waals surface area (Å²) in [6.45, 7) is 8.35. The highest BCUT2D eigenvalue weighted by atomic mass is 35.5. The van der Waals surface area contributed by atoms with Crippen LogP contribution in [0.4, 0.5) is 32.8 Å². The molecule has 0 spiro atoms. The van der Waals surface area contributed by atoms with E-state index in [1.807, 2.05) is 0 Å².